The van der Waals surface area contributed by atoms with Gasteiger partial charge in [-0.25, -0.2) is 4.79 Å². The number of nitrogens with zero attached hydrogens (tertiary/aromatic N) is 1. The van der Waals surface area contributed by atoms with Gasteiger partial charge in [-0.1, -0.05) is 32.0 Å². The number of carbonyl (C=O) groups excluding carboxylic acids is 1. The third kappa shape index (κ3) is 5.15. The number of benzene rings is 1. The molecule has 1 saturated carbocycles. The van der Waals surface area contributed by atoms with Crippen LogP contribution in [0.1, 0.15) is 52.5 Å². The van der Waals surface area contributed by atoms with Crippen molar-refractivity contribution in [2.75, 3.05) is 18.8 Å². The van der Waals surface area contributed by atoms with Gasteiger partial charge >= 0.3 is 6.09 Å². The monoisotopic (exact) mass is 318 g/mol. The largest absolute Gasteiger partial charge is 0.444 e. The van der Waals surface area contributed by atoms with E-state index in [1.165, 1.54) is 12.0 Å². The van der Waals surface area contributed by atoms with Gasteiger partial charge in [-0.3, -0.25) is 0 Å². The third-order valence-corrected chi connectivity index (χ3v) is 4.25. The fourth-order valence-corrected chi connectivity index (χ4v) is 2.91. The zero-order chi connectivity index (χ0) is 17.2. The molecule has 1 saturated heterocycles. The summed E-state index contributed by atoms with van der Waals surface area (Å²) >= 11 is 0. The van der Waals surface area contributed by atoms with E-state index in [9.17, 15) is 4.79 Å². The molecule has 1 aromatic rings. The van der Waals surface area contributed by atoms with E-state index in [-0.39, 0.29) is 11.7 Å². The molecule has 0 aromatic heterocycles. The van der Waals surface area contributed by atoms with Crippen LogP contribution in [0, 0.1) is 11.8 Å². The van der Waals surface area contributed by atoms with Crippen LogP contribution in [0.2, 0.25) is 0 Å². The molecule has 1 aliphatic heterocycles. The first-order chi connectivity index (χ1) is 10.7. The number of nitrogen functional groups attached to an aromatic ring is 1. The Morgan fingerprint density at radius 1 is 1.22 bits per heavy atom. The van der Waals surface area contributed by atoms with Crippen molar-refractivity contribution >= 4 is 11.8 Å². The Balaban J connectivity index is 0.000000174. The van der Waals surface area contributed by atoms with Crippen molar-refractivity contribution in [3.8, 4) is 0 Å². The van der Waals surface area contributed by atoms with E-state index in [1.54, 1.807) is 0 Å². The minimum Gasteiger partial charge on any atom is -0.444 e. The summed E-state index contributed by atoms with van der Waals surface area (Å²) < 4.78 is 5.28. The highest BCUT2D eigenvalue weighted by Crippen LogP contribution is 2.45. The second-order valence-corrected chi connectivity index (χ2v) is 7.92. The van der Waals surface area contributed by atoms with E-state index < -0.39 is 0 Å². The molecule has 1 aliphatic carbocycles. The van der Waals surface area contributed by atoms with Crippen molar-refractivity contribution in [1.82, 2.24) is 4.90 Å². The standard InChI is InChI=1S/C10H17NO2.C9H13N/c1-10(2,3)13-9(12)11-5-7-4-8(7)6-11;1-7(2)8-5-3-4-6-9(8)10/h7-8H,4-6H2,1-3H3;3-7H,10H2,1-2H3. The number of hydrogen-bond donors (Lipinski definition) is 1. The predicted octanol–water partition coefficient (Wildman–Crippen LogP) is 4.27. The van der Waals surface area contributed by atoms with Crippen LogP contribution in [0.4, 0.5) is 10.5 Å². The van der Waals surface area contributed by atoms with Gasteiger partial charge in [0.2, 0.25) is 0 Å². The molecule has 2 fully saturated rings. The second kappa shape index (κ2) is 6.81. The number of amides is 1. The Labute approximate surface area is 140 Å². The van der Waals surface area contributed by atoms with Crippen molar-refractivity contribution < 1.29 is 9.53 Å². The lowest BCUT2D eigenvalue weighted by Gasteiger charge is -2.25. The average Bonchev–Trinajstić information content (AvgIpc) is 3.04. The van der Waals surface area contributed by atoms with Gasteiger partial charge in [0.25, 0.3) is 0 Å². The lowest BCUT2D eigenvalue weighted by atomic mass is 10.0. The van der Waals surface area contributed by atoms with Crippen LogP contribution in [0.5, 0.6) is 0 Å². The minimum absolute atomic E-state index is 0.139. The molecule has 2 unspecified atom stereocenters. The quantitative estimate of drug-likeness (QED) is 0.787. The molecular weight excluding hydrogens is 288 g/mol. The molecule has 0 bridgehead atoms. The molecule has 4 heteroatoms. The normalized spacial score (nSPS) is 22.3. The minimum atomic E-state index is -0.357. The van der Waals surface area contributed by atoms with Gasteiger partial charge in [0.05, 0.1) is 0 Å². The molecule has 2 aliphatic rings. The Morgan fingerprint density at radius 3 is 2.22 bits per heavy atom. The first kappa shape index (κ1) is 17.6. The lowest BCUT2D eigenvalue weighted by Crippen LogP contribution is -2.36. The topological polar surface area (TPSA) is 55.6 Å². The summed E-state index contributed by atoms with van der Waals surface area (Å²) in [7, 11) is 0. The highest BCUT2D eigenvalue weighted by Gasteiger charge is 2.47. The molecule has 3 rings (SSSR count). The number of nitrogens with two attached hydrogens (primary N) is 1. The number of para-hydroxylation sites is 1. The first-order valence-corrected chi connectivity index (χ1v) is 8.49. The fourth-order valence-electron chi connectivity index (χ4n) is 2.91. The number of hydrogen-bond acceptors (Lipinski definition) is 3. The van der Waals surface area contributed by atoms with Crippen molar-refractivity contribution in [2.45, 2.75) is 52.6 Å². The second-order valence-electron chi connectivity index (χ2n) is 7.92. The van der Waals surface area contributed by atoms with E-state index in [2.05, 4.69) is 19.9 Å². The van der Waals surface area contributed by atoms with E-state index >= 15 is 0 Å². The SMILES string of the molecule is CC(C)(C)OC(=O)N1CC2CC2C1.CC(C)c1ccccc1N. The number of carbonyl (C=O) groups is 1. The maximum absolute atomic E-state index is 11.5. The average molecular weight is 318 g/mol. The molecular formula is C19H30N2O2. The third-order valence-electron chi connectivity index (χ3n) is 4.25. The number of likely N-dealkylation sites (tertiary alicyclic amines) is 1. The van der Waals surface area contributed by atoms with Crippen LogP contribution in [-0.4, -0.2) is 29.7 Å². The zero-order valence-electron chi connectivity index (χ0n) is 15.0. The number of piperidine rings is 1. The van der Waals surface area contributed by atoms with Crippen molar-refractivity contribution in [1.29, 1.82) is 0 Å². The van der Waals surface area contributed by atoms with Gasteiger partial charge in [0, 0.05) is 18.8 Å². The molecule has 128 valence electrons. The van der Waals surface area contributed by atoms with Crippen LogP contribution in [-0.2, 0) is 4.74 Å². The summed E-state index contributed by atoms with van der Waals surface area (Å²) in [6.45, 7) is 11.8. The van der Waals surface area contributed by atoms with Gasteiger partial charge < -0.3 is 15.4 Å². The number of rotatable bonds is 1. The van der Waals surface area contributed by atoms with Crippen molar-refractivity contribution in [3.63, 3.8) is 0 Å². The number of ether oxygens (including phenoxy) is 1. The lowest BCUT2D eigenvalue weighted by molar-refractivity contribution is 0.0274. The molecule has 1 aromatic carbocycles. The maximum atomic E-state index is 11.5. The van der Waals surface area contributed by atoms with Crippen LogP contribution in [0.25, 0.3) is 0 Å². The Hall–Kier alpha value is -1.71. The Bertz CT molecular complexity index is 539. The van der Waals surface area contributed by atoms with Gasteiger partial charge in [0.1, 0.15) is 5.60 Å². The van der Waals surface area contributed by atoms with Crippen LogP contribution < -0.4 is 5.73 Å². The van der Waals surface area contributed by atoms with Gasteiger partial charge in [0.15, 0.2) is 0 Å². The fraction of sp³-hybridized carbons (Fsp3) is 0.632. The first-order valence-electron chi connectivity index (χ1n) is 8.49. The molecule has 0 radical (unpaired) electrons. The van der Waals surface area contributed by atoms with Crippen LogP contribution >= 0.6 is 0 Å². The molecule has 1 heterocycles. The zero-order valence-corrected chi connectivity index (χ0v) is 15.0. The van der Waals surface area contributed by atoms with Crippen LogP contribution in [0.15, 0.2) is 24.3 Å². The van der Waals surface area contributed by atoms with Gasteiger partial charge in [-0.15, -0.1) is 0 Å². The van der Waals surface area contributed by atoms with Crippen LogP contribution in [0.3, 0.4) is 0 Å². The molecule has 4 nitrogen and oxygen atoms in total. The van der Waals surface area contributed by atoms with Crippen molar-refractivity contribution in [2.24, 2.45) is 11.8 Å². The summed E-state index contributed by atoms with van der Waals surface area (Å²) in [6.07, 6.45) is 1.18. The summed E-state index contributed by atoms with van der Waals surface area (Å²) in [4.78, 5) is 13.4. The van der Waals surface area contributed by atoms with Gasteiger partial charge in [-0.2, -0.15) is 0 Å². The summed E-state index contributed by atoms with van der Waals surface area (Å²) in [5.41, 5.74) is 7.50. The molecule has 23 heavy (non-hydrogen) atoms. The maximum Gasteiger partial charge on any atom is 0.410 e. The van der Waals surface area contributed by atoms with E-state index in [0.717, 1.165) is 30.6 Å². The predicted molar refractivity (Wildman–Crippen MR) is 94.3 cm³/mol. The number of fused-ring (bicyclic) bond motifs is 1. The molecule has 1 amide bonds. The summed E-state index contributed by atoms with van der Waals surface area (Å²) in [5, 5.41) is 0. The van der Waals surface area contributed by atoms with E-state index in [1.807, 2.05) is 43.9 Å². The summed E-state index contributed by atoms with van der Waals surface area (Å²) in [6, 6.07) is 7.99. The highest BCUT2D eigenvalue weighted by atomic mass is 16.6. The van der Waals surface area contributed by atoms with Gasteiger partial charge in [-0.05, 0) is 56.6 Å². The Kier molecular flexibility index (Phi) is 5.23. The molecule has 2 atom stereocenters. The van der Waals surface area contributed by atoms with E-state index in [0.29, 0.717) is 5.92 Å². The molecule has 0 spiro atoms. The highest BCUT2D eigenvalue weighted by molar-refractivity contribution is 5.68. The molecule has 2 N–H and O–H groups in total. The number of anilines is 1. The smallest absolute Gasteiger partial charge is 0.410 e. The Morgan fingerprint density at radius 2 is 1.78 bits per heavy atom. The van der Waals surface area contributed by atoms with E-state index in [4.69, 9.17) is 10.5 Å². The van der Waals surface area contributed by atoms with Crippen molar-refractivity contribution in [3.05, 3.63) is 29.8 Å². The summed E-state index contributed by atoms with van der Waals surface area (Å²) in [5.74, 6) is 2.10.